The molecule has 0 spiro atoms. The number of hydrogen-bond donors (Lipinski definition) is 0. The SMILES string of the molecule is CCOC(C)OC1C(=O)N(C(=O)c2ccccc2)C1c1ccccc1. The first-order chi connectivity index (χ1) is 12.1. The van der Waals surface area contributed by atoms with Gasteiger partial charge in [-0.05, 0) is 31.5 Å². The number of hydrogen-bond acceptors (Lipinski definition) is 4. The molecule has 0 bridgehead atoms. The van der Waals surface area contributed by atoms with Crippen LogP contribution in [0.1, 0.15) is 35.8 Å². The quantitative estimate of drug-likeness (QED) is 0.461. The van der Waals surface area contributed by atoms with Gasteiger partial charge in [-0.25, -0.2) is 0 Å². The minimum Gasteiger partial charge on any atom is -0.353 e. The number of carbonyl (C=O) groups is 2. The molecule has 1 saturated heterocycles. The molecule has 130 valence electrons. The van der Waals surface area contributed by atoms with E-state index in [4.69, 9.17) is 9.47 Å². The number of rotatable bonds is 6. The van der Waals surface area contributed by atoms with Gasteiger partial charge in [0.25, 0.3) is 11.8 Å². The summed E-state index contributed by atoms with van der Waals surface area (Å²) in [6, 6.07) is 17.8. The number of nitrogens with zero attached hydrogens (tertiary/aromatic N) is 1. The van der Waals surface area contributed by atoms with Gasteiger partial charge in [0.2, 0.25) is 0 Å². The Morgan fingerprint density at radius 1 is 1.08 bits per heavy atom. The van der Waals surface area contributed by atoms with Crippen LogP contribution in [-0.4, -0.2) is 35.7 Å². The maximum absolute atomic E-state index is 12.8. The second-order valence-corrected chi connectivity index (χ2v) is 5.81. The van der Waals surface area contributed by atoms with Gasteiger partial charge in [0.1, 0.15) is 6.04 Å². The van der Waals surface area contributed by atoms with Gasteiger partial charge in [0.15, 0.2) is 12.4 Å². The van der Waals surface area contributed by atoms with Crippen LogP contribution in [0.25, 0.3) is 0 Å². The molecule has 0 saturated carbocycles. The normalized spacial score (nSPS) is 20.9. The second-order valence-electron chi connectivity index (χ2n) is 5.81. The van der Waals surface area contributed by atoms with Crippen LogP contribution in [-0.2, 0) is 14.3 Å². The van der Waals surface area contributed by atoms with Crippen LogP contribution in [0.2, 0.25) is 0 Å². The number of carbonyl (C=O) groups excluding carboxylic acids is 2. The molecule has 25 heavy (non-hydrogen) atoms. The van der Waals surface area contributed by atoms with E-state index < -0.39 is 18.4 Å². The van der Waals surface area contributed by atoms with E-state index in [1.807, 2.05) is 43.3 Å². The van der Waals surface area contributed by atoms with Gasteiger partial charge in [-0.1, -0.05) is 48.5 Å². The highest BCUT2D eigenvalue weighted by Gasteiger charge is 2.53. The molecule has 1 aliphatic heterocycles. The van der Waals surface area contributed by atoms with Crippen molar-refractivity contribution in [2.45, 2.75) is 32.3 Å². The van der Waals surface area contributed by atoms with E-state index in [-0.39, 0.29) is 11.8 Å². The fourth-order valence-corrected chi connectivity index (χ4v) is 3.00. The molecule has 5 nitrogen and oxygen atoms in total. The molecule has 1 fully saturated rings. The van der Waals surface area contributed by atoms with E-state index in [2.05, 4.69) is 0 Å². The van der Waals surface area contributed by atoms with Gasteiger partial charge < -0.3 is 9.47 Å². The highest BCUT2D eigenvalue weighted by molar-refractivity contribution is 6.10. The van der Waals surface area contributed by atoms with Crippen LogP contribution < -0.4 is 0 Å². The van der Waals surface area contributed by atoms with E-state index in [0.717, 1.165) is 5.56 Å². The Kier molecular flexibility index (Phi) is 5.26. The summed E-state index contributed by atoms with van der Waals surface area (Å²) < 4.78 is 11.1. The lowest BCUT2D eigenvalue weighted by molar-refractivity contribution is -0.209. The zero-order chi connectivity index (χ0) is 17.8. The summed E-state index contributed by atoms with van der Waals surface area (Å²) >= 11 is 0. The number of amides is 2. The van der Waals surface area contributed by atoms with Crippen LogP contribution in [0, 0.1) is 0 Å². The van der Waals surface area contributed by atoms with Crippen molar-refractivity contribution in [2.24, 2.45) is 0 Å². The van der Waals surface area contributed by atoms with Gasteiger partial charge in [-0.2, -0.15) is 0 Å². The third-order valence-corrected chi connectivity index (χ3v) is 4.17. The Morgan fingerprint density at radius 2 is 1.68 bits per heavy atom. The molecule has 3 rings (SSSR count). The van der Waals surface area contributed by atoms with Gasteiger partial charge in [-0.3, -0.25) is 14.5 Å². The predicted molar refractivity (Wildman–Crippen MR) is 92.8 cm³/mol. The topological polar surface area (TPSA) is 55.8 Å². The van der Waals surface area contributed by atoms with Gasteiger partial charge >= 0.3 is 0 Å². The highest BCUT2D eigenvalue weighted by Crippen LogP contribution is 2.38. The second kappa shape index (κ2) is 7.59. The summed E-state index contributed by atoms with van der Waals surface area (Å²) in [5.41, 5.74) is 1.34. The first-order valence-electron chi connectivity index (χ1n) is 8.38. The summed E-state index contributed by atoms with van der Waals surface area (Å²) in [5.74, 6) is -0.655. The van der Waals surface area contributed by atoms with Crippen molar-refractivity contribution in [3.05, 3.63) is 71.8 Å². The van der Waals surface area contributed by atoms with Crippen LogP contribution in [0.5, 0.6) is 0 Å². The van der Waals surface area contributed by atoms with E-state index >= 15 is 0 Å². The zero-order valence-corrected chi connectivity index (χ0v) is 14.3. The molecule has 5 heteroatoms. The summed E-state index contributed by atoms with van der Waals surface area (Å²) in [4.78, 5) is 26.7. The van der Waals surface area contributed by atoms with Crippen LogP contribution in [0.3, 0.4) is 0 Å². The number of likely N-dealkylation sites (tertiary alicyclic amines) is 1. The smallest absolute Gasteiger partial charge is 0.261 e. The summed E-state index contributed by atoms with van der Waals surface area (Å²) in [7, 11) is 0. The number of ether oxygens (including phenoxy) is 2. The summed E-state index contributed by atoms with van der Waals surface area (Å²) in [6.45, 7) is 4.10. The maximum atomic E-state index is 12.8. The fraction of sp³-hybridized carbons (Fsp3) is 0.300. The number of benzene rings is 2. The molecular weight excluding hydrogens is 318 g/mol. The van der Waals surface area contributed by atoms with Crippen molar-refractivity contribution < 1.29 is 19.1 Å². The Labute approximate surface area is 147 Å². The van der Waals surface area contributed by atoms with Gasteiger partial charge in [-0.15, -0.1) is 0 Å². The molecule has 0 aromatic heterocycles. The average Bonchev–Trinajstić information content (AvgIpc) is 2.65. The molecule has 2 aromatic rings. The van der Waals surface area contributed by atoms with Crippen molar-refractivity contribution in [2.75, 3.05) is 6.61 Å². The monoisotopic (exact) mass is 339 g/mol. The number of β-lactam (4-membered cyclic amide) rings is 1. The Morgan fingerprint density at radius 3 is 2.28 bits per heavy atom. The molecule has 0 N–H and O–H groups in total. The lowest BCUT2D eigenvalue weighted by Crippen LogP contribution is -2.62. The van der Waals surface area contributed by atoms with E-state index in [1.165, 1.54) is 4.90 Å². The Hall–Kier alpha value is -2.50. The number of imide groups is 1. The fourth-order valence-electron chi connectivity index (χ4n) is 3.00. The van der Waals surface area contributed by atoms with Crippen molar-refractivity contribution in [3.63, 3.8) is 0 Å². The molecule has 0 aliphatic carbocycles. The zero-order valence-electron chi connectivity index (χ0n) is 14.3. The molecule has 1 aliphatic rings. The molecule has 1 heterocycles. The minimum atomic E-state index is -0.725. The largest absolute Gasteiger partial charge is 0.353 e. The maximum Gasteiger partial charge on any atom is 0.261 e. The van der Waals surface area contributed by atoms with Crippen molar-refractivity contribution >= 4 is 11.8 Å². The van der Waals surface area contributed by atoms with Crippen molar-refractivity contribution in [3.8, 4) is 0 Å². The van der Waals surface area contributed by atoms with Crippen LogP contribution >= 0.6 is 0 Å². The summed E-state index contributed by atoms with van der Waals surface area (Å²) in [6.07, 6.45) is -1.24. The first-order valence-corrected chi connectivity index (χ1v) is 8.38. The van der Waals surface area contributed by atoms with Crippen molar-refractivity contribution in [1.29, 1.82) is 0 Å². The average molecular weight is 339 g/mol. The van der Waals surface area contributed by atoms with E-state index in [9.17, 15) is 9.59 Å². The Bertz CT molecular complexity index is 732. The minimum absolute atomic E-state index is 0.316. The molecular formula is C20H21NO4. The molecule has 3 unspecified atom stereocenters. The first kappa shape index (κ1) is 17.3. The standard InChI is InChI=1S/C20H21NO4/c1-3-24-14(2)25-18-17(15-10-6-4-7-11-15)21(20(18)23)19(22)16-12-8-5-9-13-16/h4-14,17-18H,3H2,1-2H3. The van der Waals surface area contributed by atoms with Crippen molar-refractivity contribution in [1.82, 2.24) is 4.90 Å². The van der Waals surface area contributed by atoms with Crippen LogP contribution in [0.15, 0.2) is 60.7 Å². The van der Waals surface area contributed by atoms with Gasteiger partial charge in [0.05, 0.1) is 0 Å². The summed E-state index contributed by atoms with van der Waals surface area (Å²) in [5, 5.41) is 0. The van der Waals surface area contributed by atoms with Crippen LogP contribution in [0.4, 0.5) is 0 Å². The third kappa shape index (κ3) is 3.48. The molecule has 2 aromatic carbocycles. The molecule has 2 amide bonds. The highest BCUT2D eigenvalue weighted by atomic mass is 16.7. The van der Waals surface area contributed by atoms with E-state index in [1.54, 1.807) is 31.2 Å². The predicted octanol–water partition coefficient (Wildman–Crippen LogP) is 3.18. The van der Waals surface area contributed by atoms with Gasteiger partial charge in [0, 0.05) is 12.2 Å². The van der Waals surface area contributed by atoms with E-state index in [0.29, 0.717) is 12.2 Å². The molecule has 0 radical (unpaired) electrons. The lowest BCUT2D eigenvalue weighted by Gasteiger charge is -2.46. The Balaban J connectivity index is 1.87. The lowest BCUT2D eigenvalue weighted by atomic mass is 9.89. The molecule has 3 atom stereocenters. The third-order valence-electron chi connectivity index (χ3n) is 4.17.